The normalized spacial score (nSPS) is 23.2. The molecule has 0 saturated carbocycles. The molecule has 0 aromatic carbocycles. The molecule has 1 fully saturated rings. The largest absolute Gasteiger partial charge is 0.393 e. The van der Waals surface area contributed by atoms with E-state index in [1.165, 1.54) is 11.3 Å². The summed E-state index contributed by atoms with van der Waals surface area (Å²) in [5.74, 6) is -0.0196. The summed E-state index contributed by atoms with van der Waals surface area (Å²) in [6, 6.07) is 0. The van der Waals surface area contributed by atoms with Crippen molar-refractivity contribution in [3.8, 4) is 0 Å². The lowest BCUT2D eigenvalue weighted by atomic mass is 9.87. The van der Waals surface area contributed by atoms with Crippen molar-refractivity contribution in [3.63, 3.8) is 0 Å². The molecule has 0 aliphatic carbocycles. The first-order valence-electron chi connectivity index (χ1n) is 6.49. The predicted molar refractivity (Wildman–Crippen MR) is 76.2 cm³/mol. The number of hydrogen-bond acceptors (Lipinski definition) is 5. The second-order valence-electron chi connectivity index (χ2n) is 6.00. The van der Waals surface area contributed by atoms with Gasteiger partial charge in [-0.2, -0.15) is 0 Å². The summed E-state index contributed by atoms with van der Waals surface area (Å²) < 4.78 is 0. The number of rotatable bonds is 1. The number of aliphatic hydroxyl groups excluding tert-OH is 1. The number of likely N-dealkylation sites (tertiary alicyclic amines) is 1. The fraction of sp³-hybridized carbons (Fsp3) is 0.692. The fourth-order valence-electron chi connectivity index (χ4n) is 2.64. The van der Waals surface area contributed by atoms with E-state index in [2.05, 4.69) is 18.8 Å². The van der Waals surface area contributed by atoms with Gasteiger partial charge in [-0.15, -0.1) is 0 Å². The molecular formula is C13H21N3O2S. The molecule has 1 aliphatic heterocycles. The summed E-state index contributed by atoms with van der Waals surface area (Å²) >= 11 is 1.24. The van der Waals surface area contributed by atoms with E-state index < -0.39 is 0 Å². The molecule has 0 spiro atoms. The summed E-state index contributed by atoms with van der Waals surface area (Å²) in [6.07, 6.45) is 1.02. The van der Waals surface area contributed by atoms with Crippen LogP contribution in [0.15, 0.2) is 0 Å². The van der Waals surface area contributed by atoms with E-state index in [9.17, 15) is 9.90 Å². The maximum absolute atomic E-state index is 12.5. The van der Waals surface area contributed by atoms with Gasteiger partial charge in [0.2, 0.25) is 0 Å². The number of aryl methyl sites for hydroxylation is 1. The first-order valence-corrected chi connectivity index (χ1v) is 7.30. The Bertz CT molecular complexity index is 484. The number of amides is 1. The maximum Gasteiger partial charge on any atom is 0.265 e. The monoisotopic (exact) mass is 283 g/mol. The molecule has 5 nitrogen and oxygen atoms in total. The fourth-order valence-corrected chi connectivity index (χ4v) is 3.44. The smallest absolute Gasteiger partial charge is 0.265 e. The Labute approximate surface area is 117 Å². The summed E-state index contributed by atoms with van der Waals surface area (Å²) in [5.41, 5.74) is 6.27. The average molecular weight is 283 g/mol. The Morgan fingerprint density at radius 1 is 1.58 bits per heavy atom. The number of aromatic nitrogens is 1. The third-order valence-corrected chi connectivity index (χ3v) is 4.41. The van der Waals surface area contributed by atoms with E-state index in [-0.39, 0.29) is 17.4 Å². The number of anilines is 1. The van der Waals surface area contributed by atoms with Crippen molar-refractivity contribution in [2.24, 2.45) is 5.41 Å². The Kier molecular flexibility index (Phi) is 3.82. The molecule has 1 saturated heterocycles. The Morgan fingerprint density at radius 2 is 2.26 bits per heavy atom. The molecule has 1 amide bonds. The van der Waals surface area contributed by atoms with Crippen LogP contribution in [0, 0.1) is 12.3 Å². The molecule has 1 aromatic rings. The second kappa shape index (κ2) is 5.09. The Balaban J connectivity index is 2.21. The summed E-state index contributed by atoms with van der Waals surface area (Å²) in [4.78, 5) is 19.1. The average Bonchev–Trinajstić information content (AvgIpc) is 2.53. The van der Waals surface area contributed by atoms with Crippen LogP contribution in [-0.4, -0.2) is 40.1 Å². The standard InChI is InChI=1S/C13H21N3O2S/c1-8-10(19-12(14)15-8)11(18)16-5-4-9(17)6-13(2,3)7-16/h9,17H,4-7H2,1-3H3,(H2,14,15). The zero-order valence-electron chi connectivity index (χ0n) is 11.6. The number of thiazole rings is 1. The van der Waals surface area contributed by atoms with Crippen LogP contribution < -0.4 is 5.73 Å². The van der Waals surface area contributed by atoms with Crippen LogP contribution in [0.4, 0.5) is 5.13 Å². The number of hydrogen-bond donors (Lipinski definition) is 2. The Morgan fingerprint density at radius 3 is 2.84 bits per heavy atom. The van der Waals surface area contributed by atoms with Crippen LogP contribution in [0.3, 0.4) is 0 Å². The molecule has 3 N–H and O–H groups in total. The quantitative estimate of drug-likeness (QED) is 0.821. The van der Waals surface area contributed by atoms with Gasteiger partial charge < -0.3 is 15.7 Å². The van der Waals surface area contributed by atoms with Crippen LogP contribution in [-0.2, 0) is 0 Å². The minimum Gasteiger partial charge on any atom is -0.393 e. The van der Waals surface area contributed by atoms with Gasteiger partial charge in [-0.1, -0.05) is 25.2 Å². The van der Waals surface area contributed by atoms with Gasteiger partial charge in [0.05, 0.1) is 11.8 Å². The van der Waals surface area contributed by atoms with Crippen molar-refractivity contribution in [1.82, 2.24) is 9.88 Å². The zero-order valence-corrected chi connectivity index (χ0v) is 12.5. The predicted octanol–water partition coefficient (Wildman–Crippen LogP) is 1.66. The van der Waals surface area contributed by atoms with E-state index in [0.717, 1.165) is 6.42 Å². The van der Waals surface area contributed by atoms with Gasteiger partial charge in [0.15, 0.2) is 5.13 Å². The van der Waals surface area contributed by atoms with Crippen LogP contribution in [0.25, 0.3) is 0 Å². The van der Waals surface area contributed by atoms with Crippen molar-refractivity contribution in [3.05, 3.63) is 10.6 Å². The third-order valence-electron chi connectivity index (χ3n) is 3.43. The maximum atomic E-state index is 12.5. The van der Waals surface area contributed by atoms with Gasteiger partial charge in [-0.3, -0.25) is 4.79 Å². The van der Waals surface area contributed by atoms with Gasteiger partial charge in [-0.25, -0.2) is 4.98 Å². The molecule has 6 heteroatoms. The Hall–Kier alpha value is -1.14. The van der Waals surface area contributed by atoms with Crippen molar-refractivity contribution in [2.75, 3.05) is 18.8 Å². The summed E-state index contributed by atoms with van der Waals surface area (Å²) in [6.45, 7) is 7.20. The van der Waals surface area contributed by atoms with Gasteiger partial charge in [0, 0.05) is 13.1 Å². The molecule has 19 heavy (non-hydrogen) atoms. The molecule has 1 aliphatic rings. The molecule has 0 radical (unpaired) electrons. The molecule has 106 valence electrons. The first kappa shape index (κ1) is 14.3. The number of nitrogens with two attached hydrogens (primary N) is 1. The lowest BCUT2D eigenvalue weighted by Gasteiger charge is -2.29. The summed E-state index contributed by atoms with van der Waals surface area (Å²) in [7, 11) is 0. The van der Waals surface area contributed by atoms with Crippen molar-refractivity contribution in [2.45, 2.75) is 39.7 Å². The molecule has 0 bridgehead atoms. The van der Waals surface area contributed by atoms with Crippen molar-refractivity contribution >= 4 is 22.4 Å². The number of carbonyl (C=O) groups is 1. The van der Waals surface area contributed by atoms with Crippen molar-refractivity contribution in [1.29, 1.82) is 0 Å². The van der Waals surface area contributed by atoms with E-state index in [1.807, 2.05) is 4.90 Å². The highest BCUT2D eigenvalue weighted by Crippen LogP contribution is 2.30. The highest BCUT2D eigenvalue weighted by Gasteiger charge is 2.32. The SMILES string of the molecule is Cc1nc(N)sc1C(=O)N1CCC(O)CC(C)(C)C1. The van der Waals surface area contributed by atoms with Crippen LogP contribution in [0.2, 0.25) is 0 Å². The number of nitrogens with zero attached hydrogens (tertiary/aromatic N) is 2. The zero-order chi connectivity index (χ0) is 14.2. The topological polar surface area (TPSA) is 79.5 Å². The molecule has 2 rings (SSSR count). The first-order chi connectivity index (χ1) is 8.78. The van der Waals surface area contributed by atoms with Crippen LogP contribution in [0.1, 0.15) is 42.1 Å². The minimum atomic E-state index is -0.333. The number of nitrogen functional groups attached to an aromatic ring is 1. The molecule has 2 heterocycles. The van der Waals surface area contributed by atoms with Gasteiger partial charge in [0.1, 0.15) is 4.88 Å². The minimum absolute atomic E-state index is 0.0196. The van der Waals surface area contributed by atoms with Gasteiger partial charge in [0.25, 0.3) is 5.91 Å². The number of carbonyl (C=O) groups excluding carboxylic acids is 1. The second-order valence-corrected chi connectivity index (χ2v) is 7.03. The number of aliphatic hydroxyl groups is 1. The molecular weight excluding hydrogens is 262 g/mol. The highest BCUT2D eigenvalue weighted by atomic mass is 32.1. The van der Waals surface area contributed by atoms with E-state index in [0.29, 0.717) is 35.2 Å². The van der Waals surface area contributed by atoms with Crippen molar-refractivity contribution < 1.29 is 9.90 Å². The lowest BCUT2D eigenvalue weighted by molar-refractivity contribution is 0.0709. The summed E-state index contributed by atoms with van der Waals surface area (Å²) in [5, 5.41) is 10.3. The molecule has 1 atom stereocenters. The van der Waals surface area contributed by atoms with Gasteiger partial charge >= 0.3 is 0 Å². The van der Waals surface area contributed by atoms with Gasteiger partial charge in [-0.05, 0) is 25.2 Å². The third kappa shape index (κ3) is 3.25. The van der Waals surface area contributed by atoms with E-state index >= 15 is 0 Å². The van der Waals surface area contributed by atoms with Crippen LogP contribution >= 0.6 is 11.3 Å². The van der Waals surface area contributed by atoms with Crippen LogP contribution in [0.5, 0.6) is 0 Å². The lowest BCUT2D eigenvalue weighted by Crippen LogP contribution is -2.37. The van der Waals surface area contributed by atoms with E-state index in [1.54, 1.807) is 6.92 Å². The molecule has 1 unspecified atom stereocenters. The molecule has 1 aromatic heterocycles. The highest BCUT2D eigenvalue weighted by molar-refractivity contribution is 7.17. The van der Waals surface area contributed by atoms with E-state index in [4.69, 9.17) is 5.73 Å².